The van der Waals surface area contributed by atoms with Gasteiger partial charge >= 0.3 is 0 Å². The van der Waals surface area contributed by atoms with Gasteiger partial charge in [-0.05, 0) is 60.9 Å². The molecule has 0 spiro atoms. The van der Waals surface area contributed by atoms with Crippen molar-refractivity contribution in [1.82, 2.24) is 15.1 Å². The van der Waals surface area contributed by atoms with E-state index in [1.165, 1.54) is 22.9 Å². The minimum atomic E-state index is -3.72. The Hall–Kier alpha value is -3.50. The minimum absolute atomic E-state index is 0.0511. The Kier molecular flexibility index (Phi) is 7.96. The van der Waals surface area contributed by atoms with E-state index >= 15 is 0 Å². The van der Waals surface area contributed by atoms with Gasteiger partial charge in [-0.2, -0.15) is 5.10 Å². The number of methoxy groups -OCH3 is 1. The summed E-state index contributed by atoms with van der Waals surface area (Å²) < 4.78 is 29.1. The van der Waals surface area contributed by atoms with Crippen molar-refractivity contribution in [2.45, 2.75) is 30.7 Å². The van der Waals surface area contributed by atoms with E-state index < -0.39 is 10.0 Å². The number of benzene rings is 2. The summed E-state index contributed by atoms with van der Waals surface area (Å²) in [7, 11) is -2.12. The molecule has 3 aromatic rings. The average molecular weight is 471 g/mol. The first-order valence-electron chi connectivity index (χ1n) is 10.4. The fraction of sp³-hybridized carbons (Fsp3) is 0.261. The lowest BCUT2D eigenvalue weighted by Crippen LogP contribution is -2.27. The van der Waals surface area contributed by atoms with Gasteiger partial charge in [-0.25, -0.2) is 18.2 Å². The van der Waals surface area contributed by atoms with Crippen molar-refractivity contribution < 1.29 is 17.9 Å². The highest BCUT2D eigenvalue weighted by Crippen LogP contribution is 2.19. The van der Waals surface area contributed by atoms with Gasteiger partial charge < -0.3 is 10.1 Å². The van der Waals surface area contributed by atoms with Crippen LogP contribution in [-0.2, 0) is 27.8 Å². The van der Waals surface area contributed by atoms with Gasteiger partial charge in [0.1, 0.15) is 5.75 Å². The second-order valence-electron chi connectivity index (χ2n) is 7.40. The van der Waals surface area contributed by atoms with Crippen LogP contribution in [0.1, 0.15) is 18.4 Å². The van der Waals surface area contributed by atoms with Crippen LogP contribution in [0.4, 0.5) is 0 Å². The molecule has 0 aliphatic rings. The third kappa shape index (κ3) is 6.99. The van der Waals surface area contributed by atoms with Crippen molar-refractivity contribution in [3.63, 3.8) is 0 Å². The standard InChI is InChI=1S/C23H26N4O5S/c1-32-19-8-6-18(7-9-19)21-12-13-23(29)27(26-21)16-2-3-22(28)25-15-14-17-4-10-20(11-5-17)33(24,30)31/h4-13H,2-3,14-16H2,1H3,(H,25,28)(H2,24,30,31). The number of aryl methyl sites for hydroxylation is 1. The number of hydrogen-bond acceptors (Lipinski definition) is 6. The Balaban J connectivity index is 1.46. The molecular weight excluding hydrogens is 444 g/mol. The quantitative estimate of drug-likeness (QED) is 0.463. The van der Waals surface area contributed by atoms with Crippen LogP contribution in [0.25, 0.3) is 11.3 Å². The third-order valence-corrected chi connectivity index (χ3v) is 5.94. The van der Waals surface area contributed by atoms with Crippen LogP contribution < -0.4 is 20.8 Å². The normalized spacial score (nSPS) is 11.2. The molecule has 0 bridgehead atoms. The maximum atomic E-state index is 12.1. The van der Waals surface area contributed by atoms with Crippen LogP contribution in [0.3, 0.4) is 0 Å². The molecule has 0 aliphatic heterocycles. The topological polar surface area (TPSA) is 133 Å². The average Bonchev–Trinajstić information content (AvgIpc) is 2.80. The number of nitrogens with zero attached hydrogens (tertiary/aromatic N) is 2. The number of primary sulfonamides is 1. The summed E-state index contributed by atoms with van der Waals surface area (Å²) in [5, 5.41) is 12.3. The Morgan fingerprint density at radius 3 is 2.39 bits per heavy atom. The Morgan fingerprint density at radius 1 is 1.06 bits per heavy atom. The Labute approximate surface area is 192 Å². The largest absolute Gasteiger partial charge is 0.497 e. The van der Waals surface area contributed by atoms with E-state index in [0.29, 0.717) is 31.6 Å². The molecule has 9 nitrogen and oxygen atoms in total. The molecule has 0 atom stereocenters. The lowest BCUT2D eigenvalue weighted by molar-refractivity contribution is -0.121. The summed E-state index contributed by atoms with van der Waals surface area (Å²) in [4.78, 5) is 24.3. The van der Waals surface area contributed by atoms with Crippen molar-refractivity contribution in [3.05, 3.63) is 76.6 Å². The molecule has 1 heterocycles. The van der Waals surface area contributed by atoms with Crippen molar-refractivity contribution in [3.8, 4) is 17.0 Å². The lowest BCUT2D eigenvalue weighted by Gasteiger charge is -2.09. The molecule has 3 rings (SSSR count). The molecule has 33 heavy (non-hydrogen) atoms. The molecule has 3 N–H and O–H groups in total. The van der Waals surface area contributed by atoms with E-state index in [4.69, 9.17) is 9.88 Å². The second kappa shape index (κ2) is 10.9. The molecule has 1 aromatic heterocycles. The summed E-state index contributed by atoms with van der Waals surface area (Å²) in [5.74, 6) is 0.606. The monoisotopic (exact) mass is 470 g/mol. The maximum absolute atomic E-state index is 12.1. The van der Waals surface area contributed by atoms with Gasteiger partial charge in [-0.15, -0.1) is 0 Å². The summed E-state index contributed by atoms with van der Waals surface area (Å²) in [6.07, 6.45) is 1.28. The highest BCUT2D eigenvalue weighted by atomic mass is 32.2. The number of nitrogens with one attached hydrogen (secondary N) is 1. The molecule has 0 saturated carbocycles. The van der Waals surface area contributed by atoms with E-state index in [2.05, 4.69) is 10.4 Å². The highest BCUT2D eigenvalue weighted by molar-refractivity contribution is 7.89. The number of ether oxygens (including phenoxy) is 1. The Bertz CT molecular complexity index is 1250. The van der Waals surface area contributed by atoms with Crippen molar-refractivity contribution >= 4 is 15.9 Å². The number of nitrogens with two attached hydrogens (primary N) is 1. The number of hydrogen-bond donors (Lipinski definition) is 2. The number of amides is 1. The maximum Gasteiger partial charge on any atom is 0.266 e. The first-order valence-corrected chi connectivity index (χ1v) is 11.9. The predicted octanol–water partition coefficient (Wildman–Crippen LogP) is 1.71. The number of aromatic nitrogens is 2. The number of sulfonamides is 1. The molecular formula is C23H26N4O5S. The zero-order valence-corrected chi connectivity index (χ0v) is 19.0. The zero-order chi connectivity index (χ0) is 23.8. The third-order valence-electron chi connectivity index (χ3n) is 5.01. The molecule has 1 amide bonds. The van der Waals surface area contributed by atoms with E-state index in [1.807, 2.05) is 24.3 Å². The fourth-order valence-corrected chi connectivity index (χ4v) is 3.71. The zero-order valence-electron chi connectivity index (χ0n) is 18.2. The van der Waals surface area contributed by atoms with Crippen LogP contribution in [-0.4, -0.2) is 37.8 Å². The van der Waals surface area contributed by atoms with Gasteiger partial charge in [0.15, 0.2) is 0 Å². The van der Waals surface area contributed by atoms with Gasteiger partial charge in [0, 0.05) is 31.1 Å². The summed E-state index contributed by atoms with van der Waals surface area (Å²) >= 11 is 0. The summed E-state index contributed by atoms with van der Waals surface area (Å²) in [5.41, 5.74) is 2.18. The van der Waals surface area contributed by atoms with Crippen LogP contribution in [0.2, 0.25) is 0 Å². The van der Waals surface area contributed by atoms with E-state index in [9.17, 15) is 18.0 Å². The first kappa shape index (κ1) is 24.1. The van der Waals surface area contributed by atoms with Crippen LogP contribution >= 0.6 is 0 Å². The smallest absolute Gasteiger partial charge is 0.266 e. The van der Waals surface area contributed by atoms with Crippen LogP contribution in [0, 0.1) is 0 Å². The molecule has 0 radical (unpaired) electrons. The minimum Gasteiger partial charge on any atom is -0.497 e. The molecule has 0 unspecified atom stereocenters. The molecule has 174 valence electrons. The first-order chi connectivity index (χ1) is 15.8. The van der Waals surface area contributed by atoms with Crippen molar-refractivity contribution in [2.75, 3.05) is 13.7 Å². The van der Waals surface area contributed by atoms with Crippen LogP contribution in [0.5, 0.6) is 5.75 Å². The van der Waals surface area contributed by atoms with E-state index in [-0.39, 0.29) is 22.8 Å². The fourth-order valence-electron chi connectivity index (χ4n) is 3.19. The van der Waals surface area contributed by atoms with Gasteiger partial charge in [-0.1, -0.05) is 12.1 Å². The lowest BCUT2D eigenvalue weighted by atomic mass is 10.1. The SMILES string of the molecule is COc1ccc(-c2ccc(=O)n(CCCC(=O)NCCc3ccc(S(N)(=O)=O)cc3)n2)cc1. The summed E-state index contributed by atoms with van der Waals surface area (Å²) in [6, 6.07) is 16.7. The predicted molar refractivity (Wildman–Crippen MR) is 124 cm³/mol. The Morgan fingerprint density at radius 2 is 1.76 bits per heavy atom. The number of carbonyl (C=O) groups excluding carboxylic acids is 1. The van der Waals surface area contributed by atoms with Gasteiger partial charge in [-0.3, -0.25) is 9.59 Å². The molecule has 2 aromatic carbocycles. The van der Waals surface area contributed by atoms with Gasteiger partial charge in [0.2, 0.25) is 15.9 Å². The molecule has 0 aliphatic carbocycles. The molecule has 0 saturated heterocycles. The number of rotatable bonds is 10. The van der Waals surface area contributed by atoms with E-state index in [0.717, 1.165) is 16.9 Å². The molecule has 10 heteroatoms. The summed E-state index contributed by atoms with van der Waals surface area (Å²) in [6.45, 7) is 0.740. The van der Waals surface area contributed by atoms with Gasteiger partial charge in [0.05, 0.1) is 17.7 Å². The number of carbonyl (C=O) groups is 1. The van der Waals surface area contributed by atoms with Crippen LogP contribution in [0.15, 0.2) is 70.4 Å². The van der Waals surface area contributed by atoms with E-state index in [1.54, 1.807) is 25.3 Å². The molecule has 0 fully saturated rings. The highest BCUT2D eigenvalue weighted by Gasteiger charge is 2.08. The second-order valence-corrected chi connectivity index (χ2v) is 8.96. The van der Waals surface area contributed by atoms with Gasteiger partial charge in [0.25, 0.3) is 5.56 Å². The van der Waals surface area contributed by atoms with Crippen molar-refractivity contribution in [1.29, 1.82) is 0 Å². The van der Waals surface area contributed by atoms with Crippen molar-refractivity contribution in [2.24, 2.45) is 5.14 Å².